The Bertz CT molecular complexity index is 385. The van der Waals surface area contributed by atoms with Gasteiger partial charge in [0.25, 0.3) is 0 Å². The Morgan fingerprint density at radius 2 is 2.50 bits per heavy atom. The maximum Gasteiger partial charge on any atom is 0.222 e. The molecule has 0 aliphatic carbocycles. The number of nitrogens with zero attached hydrogens (tertiary/aromatic N) is 2. The first-order valence-corrected chi connectivity index (χ1v) is 6.08. The first-order valence-electron chi connectivity index (χ1n) is 4.78. The fourth-order valence-electron chi connectivity index (χ4n) is 1.30. The smallest absolute Gasteiger partial charge is 0.222 e. The van der Waals surface area contributed by atoms with Crippen LogP contribution in [-0.2, 0) is 11.9 Å². The fourth-order valence-corrected chi connectivity index (χ4v) is 1.74. The van der Waals surface area contributed by atoms with Gasteiger partial charge in [0.2, 0.25) is 5.88 Å². The summed E-state index contributed by atoms with van der Waals surface area (Å²) in [5.41, 5.74) is 1.46. The molecule has 88 valence electrons. The molecule has 16 heavy (non-hydrogen) atoms. The van der Waals surface area contributed by atoms with E-state index >= 15 is 0 Å². The summed E-state index contributed by atoms with van der Waals surface area (Å²) in [5, 5.41) is 0. The summed E-state index contributed by atoms with van der Waals surface area (Å²) in [6.45, 7) is 0. The van der Waals surface area contributed by atoms with Crippen LogP contribution < -0.4 is 4.74 Å². The molecule has 1 rings (SSSR count). The van der Waals surface area contributed by atoms with Crippen LogP contribution in [0.15, 0.2) is 22.7 Å². The van der Waals surface area contributed by atoms with Crippen molar-refractivity contribution in [1.82, 2.24) is 4.98 Å². The van der Waals surface area contributed by atoms with Gasteiger partial charge in [-0.05, 0) is 25.0 Å². The number of aromatic nitrogens is 1. The quantitative estimate of drug-likeness (QED) is 0.482. The minimum atomic E-state index is -0.265. The van der Waals surface area contributed by atoms with Gasteiger partial charge in [0.1, 0.15) is 11.9 Å². The Balaban J connectivity index is 3.00. The number of hydrogen-bond donors (Lipinski definition) is 1. The fraction of sp³-hybridized carbons (Fsp3) is 0.400. The van der Waals surface area contributed by atoms with Crippen LogP contribution in [0.2, 0.25) is 0 Å². The molecule has 0 bridgehead atoms. The second-order valence-corrected chi connectivity index (χ2v) is 3.72. The van der Waals surface area contributed by atoms with Gasteiger partial charge in [0.15, 0.2) is 0 Å². The van der Waals surface area contributed by atoms with Crippen molar-refractivity contribution in [3.63, 3.8) is 0 Å². The van der Waals surface area contributed by atoms with Gasteiger partial charge in [-0.1, -0.05) is 0 Å². The largest absolute Gasteiger partial charge is 0.481 e. The molecule has 0 amide bonds. The van der Waals surface area contributed by atoms with Crippen LogP contribution >= 0.6 is 11.6 Å². The monoisotopic (exact) mass is 260 g/mol. The van der Waals surface area contributed by atoms with Crippen molar-refractivity contribution < 1.29 is 8.95 Å². The van der Waals surface area contributed by atoms with Crippen LogP contribution in [0.25, 0.3) is 0 Å². The zero-order chi connectivity index (χ0) is 11.8. The number of rotatable bonds is 6. The summed E-state index contributed by atoms with van der Waals surface area (Å²) in [7, 11) is 1.54. The van der Waals surface area contributed by atoms with Crippen LogP contribution in [0.4, 0.5) is 0 Å². The topological polar surface area (TPSA) is 51.6 Å². The second-order valence-electron chi connectivity index (χ2n) is 2.98. The average molecular weight is 261 g/mol. The second kappa shape index (κ2) is 7.35. The summed E-state index contributed by atoms with van der Waals surface area (Å²) in [5.74, 6) is 1.02. The number of hydrogen-bond acceptors (Lipinski definition) is 3. The lowest BCUT2D eigenvalue weighted by molar-refractivity contribution is 0.397. The normalized spacial score (nSPS) is 11.5. The van der Waals surface area contributed by atoms with Gasteiger partial charge < -0.3 is 4.74 Å². The van der Waals surface area contributed by atoms with Crippen molar-refractivity contribution in [2.45, 2.75) is 12.8 Å². The molecule has 0 aliphatic rings. The van der Waals surface area contributed by atoms with Crippen molar-refractivity contribution in [2.75, 3.05) is 13.0 Å². The van der Waals surface area contributed by atoms with E-state index in [0.717, 1.165) is 12.0 Å². The minimum Gasteiger partial charge on any atom is -0.481 e. The Kier molecular flexibility index (Phi) is 6.03. The number of ether oxygens (including phenoxy) is 1. The molecule has 0 spiro atoms. The van der Waals surface area contributed by atoms with Gasteiger partial charge in [0, 0.05) is 12.1 Å². The van der Waals surface area contributed by atoms with Crippen LogP contribution in [0.1, 0.15) is 18.4 Å². The van der Waals surface area contributed by atoms with E-state index in [4.69, 9.17) is 16.3 Å². The Hall–Kier alpha value is -0.940. The standard InChI is InChI=1S/C10H13ClN2O2S/c1-15-10-8(4-3-7-12-10)9(13-16-14)5-2-6-11/h3-4,7,16H,2,5-6H2,1H3/b13-9+. The van der Waals surface area contributed by atoms with Crippen molar-refractivity contribution in [3.8, 4) is 5.88 Å². The molecule has 0 radical (unpaired) electrons. The molecule has 1 aromatic rings. The average Bonchev–Trinajstić information content (AvgIpc) is 2.34. The van der Waals surface area contributed by atoms with E-state index in [1.807, 2.05) is 6.07 Å². The molecule has 0 N–H and O–H groups in total. The highest BCUT2D eigenvalue weighted by Gasteiger charge is 2.10. The molecule has 0 aromatic carbocycles. The molecule has 0 saturated heterocycles. The van der Waals surface area contributed by atoms with Crippen molar-refractivity contribution >= 4 is 29.2 Å². The molecular weight excluding hydrogens is 248 g/mol. The predicted octanol–water partition coefficient (Wildman–Crippen LogP) is 1.76. The van der Waals surface area contributed by atoms with E-state index in [-0.39, 0.29) is 11.9 Å². The summed E-state index contributed by atoms with van der Waals surface area (Å²) in [6, 6.07) is 3.62. The van der Waals surface area contributed by atoms with Gasteiger partial charge in [-0.2, -0.15) is 4.40 Å². The third-order valence-electron chi connectivity index (χ3n) is 1.98. The van der Waals surface area contributed by atoms with E-state index in [9.17, 15) is 4.21 Å². The molecule has 0 unspecified atom stereocenters. The number of pyridine rings is 1. The lowest BCUT2D eigenvalue weighted by Crippen LogP contribution is -2.05. The van der Waals surface area contributed by atoms with Gasteiger partial charge in [-0.25, -0.2) is 9.19 Å². The van der Waals surface area contributed by atoms with Crippen molar-refractivity contribution in [1.29, 1.82) is 0 Å². The molecular formula is C10H13ClN2O2S. The first kappa shape index (κ1) is 13.1. The third kappa shape index (κ3) is 3.57. The lowest BCUT2D eigenvalue weighted by Gasteiger charge is -2.08. The Labute approximate surface area is 103 Å². The predicted molar refractivity (Wildman–Crippen MR) is 66.8 cm³/mol. The lowest BCUT2D eigenvalue weighted by atomic mass is 10.1. The molecule has 0 atom stereocenters. The summed E-state index contributed by atoms with van der Waals surface area (Å²) in [4.78, 5) is 4.07. The van der Waals surface area contributed by atoms with Crippen LogP contribution in [0, 0.1) is 0 Å². The summed E-state index contributed by atoms with van der Waals surface area (Å²) < 4.78 is 19.6. The molecule has 4 nitrogen and oxygen atoms in total. The van der Waals surface area contributed by atoms with Crippen molar-refractivity contribution in [3.05, 3.63) is 23.9 Å². The minimum absolute atomic E-state index is 0.265. The maximum absolute atomic E-state index is 10.6. The highest BCUT2D eigenvalue weighted by atomic mass is 35.5. The molecule has 0 saturated carbocycles. The van der Waals surface area contributed by atoms with Gasteiger partial charge in [-0.15, -0.1) is 11.6 Å². The van der Waals surface area contributed by atoms with Crippen LogP contribution in [-0.4, -0.2) is 27.9 Å². The van der Waals surface area contributed by atoms with Gasteiger partial charge in [-0.3, -0.25) is 0 Å². The SMILES string of the molecule is COc1ncccc1/C(CCCCl)=N/[SH]=O. The Morgan fingerprint density at radius 1 is 1.69 bits per heavy atom. The van der Waals surface area contributed by atoms with Gasteiger partial charge >= 0.3 is 0 Å². The molecule has 6 heteroatoms. The molecule has 0 aliphatic heterocycles. The van der Waals surface area contributed by atoms with Gasteiger partial charge in [0.05, 0.1) is 18.4 Å². The number of methoxy groups -OCH3 is 1. The number of halogens is 1. The zero-order valence-electron chi connectivity index (χ0n) is 8.89. The molecule has 0 fully saturated rings. The van der Waals surface area contributed by atoms with Crippen LogP contribution in [0.5, 0.6) is 5.88 Å². The third-order valence-corrected chi connectivity index (χ3v) is 2.57. The van der Waals surface area contributed by atoms with E-state index in [1.165, 1.54) is 0 Å². The van der Waals surface area contributed by atoms with E-state index in [2.05, 4.69) is 9.38 Å². The highest BCUT2D eigenvalue weighted by Crippen LogP contribution is 2.17. The number of alkyl halides is 1. The highest BCUT2D eigenvalue weighted by molar-refractivity contribution is 7.64. The zero-order valence-corrected chi connectivity index (χ0v) is 10.5. The van der Waals surface area contributed by atoms with E-state index < -0.39 is 0 Å². The molecule has 1 aromatic heterocycles. The number of thiol groups is 1. The van der Waals surface area contributed by atoms with Crippen LogP contribution in [0.3, 0.4) is 0 Å². The van der Waals surface area contributed by atoms with E-state index in [1.54, 1.807) is 19.4 Å². The molecule has 1 heterocycles. The first-order chi connectivity index (χ1) is 7.83. The van der Waals surface area contributed by atoms with Crippen molar-refractivity contribution in [2.24, 2.45) is 4.40 Å². The summed E-state index contributed by atoms with van der Waals surface area (Å²) in [6.07, 6.45) is 3.06. The Morgan fingerprint density at radius 3 is 3.12 bits per heavy atom. The maximum atomic E-state index is 10.6. The van der Waals surface area contributed by atoms with E-state index in [0.29, 0.717) is 23.9 Å². The summed E-state index contributed by atoms with van der Waals surface area (Å²) >= 11 is 5.36.